The molecule has 3 rings (SSSR count). The van der Waals surface area contributed by atoms with Gasteiger partial charge in [0, 0.05) is 27.7 Å². The average Bonchev–Trinajstić information content (AvgIpc) is 3.08. The highest BCUT2D eigenvalue weighted by Gasteiger charge is 2.18. The number of ether oxygens (including phenoxy) is 1. The Bertz CT molecular complexity index is 940. The molecular weight excluding hydrogens is 326 g/mol. The van der Waals surface area contributed by atoms with Gasteiger partial charge in [0.15, 0.2) is 0 Å². The zero-order valence-corrected chi connectivity index (χ0v) is 14.4. The minimum absolute atomic E-state index is 0.337. The fourth-order valence-electron chi connectivity index (χ4n) is 2.61. The van der Waals surface area contributed by atoms with E-state index in [0.717, 1.165) is 32.7 Å². The van der Waals surface area contributed by atoms with Crippen molar-refractivity contribution >= 4 is 34.4 Å². The quantitative estimate of drug-likeness (QED) is 0.325. The Labute approximate surface area is 142 Å². The summed E-state index contributed by atoms with van der Waals surface area (Å²) in [5, 5.41) is 13.7. The summed E-state index contributed by atoms with van der Waals surface area (Å²) in [7, 11) is 0. The number of carbonyl (C=O) groups excluding carboxylic acids is 1. The van der Waals surface area contributed by atoms with Crippen LogP contribution in [0, 0.1) is 13.8 Å². The third-order valence-electron chi connectivity index (χ3n) is 3.73. The summed E-state index contributed by atoms with van der Waals surface area (Å²) >= 11 is 1.32. The van der Waals surface area contributed by atoms with Gasteiger partial charge in [0.1, 0.15) is 9.88 Å². The Morgan fingerprint density at radius 2 is 2.25 bits per heavy atom. The smallest absolute Gasteiger partial charge is 0.350 e. The first-order chi connectivity index (χ1) is 11.5. The second-order valence-corrected chi connectivity index (χ2v) is 6.32. The third kappa shape index (κ3) is 2.78. The monoisotopic (exact) mass is 343 g/mol. The fraction of sp³-hybridized carbons (Fsp3) is 0.235. The summed E-state index contributed by atoms with van der Waals surface area (Å²) in [6.07, 6.45) is 1.41. The second-order valence-electron chi connectivity index (χ2n) is 5.32. The fourth-order valence-corrected chi connectivity index (χ4v) is 3.57. The highest BCUT2D eigenvalue weighted by atomic mass is 32.1. The van der Waals surface area contributed by atoms with E-state index in [4.69, 9.17) is 9.94 Å². The van der Waals surface area contributed by atoms with Crippen LogP contribution in [0.3, 0.4) is 0 Å². The molecule has 0 unspecified atom stereocenters. The van der Waals surface area contributed by atoms with Gasteiger partial charge in [0.25, 0.3) is 0 Å². The van der Waals surface area contributed by atoms with Crippen LogP contribution in [0.25, 0.3) is 21.5 Å². The molecule has 6 nitrogen and oxygen atoms in total. The van der Waals surface area contributed by atoms with E-state index in [0.29, 0.717) is 17.2 Å². The van der Waals surface area contributed by atoms with E-state index in [1.54, 1.807) is 13.8 Å². The average molecular weight is 343 g/mol. The highest BCUT2D eigenvalue weighted by molar-refractivity contribution is 7.17. The lowest BCUT2D eigenvalue weighted by molar-refractivity contribution is 0.0531. The maximum Gasteiger partial charge on any atom is 0.350 e. The molecule has 0 aliphatic heterocycles. The van der Waals surface area contributed by atoms with Gasteiger partial charge < -0.3 is 14.9 Å². The van der Waals surface area contributed by atoms with E-state index < -0.39 is 0 Å². The van der Waals surface area contributed by atoms with Gasteiger partial charge in [-0.3, -0.25) is 0 Å². The van der Waals surface area contributed by atoms with E-state index in [1.807, 2.05) is 25.1 Å². The van der Waals surface area contributed by atoms with Crippen LogP contribution in [0.5, 0.6) is 0 Å². The Morgan fingerprint density at radius 1 is 1.46 bits per heavy atom. The molecule has 0 aliphatic rings. The molecule has 0 spiro atoms. The van der Waals surface area contributed by atoms with E-state index in [1.165, 1.54) is 17.6 Å². The molecule has 24 heavy (non-hydrogen) atoms. The molecule has 7 heteroatoms. The minimum atomic E-state index is -0.342. The number of aromatic amines is 1. The van der Waals surface area contributed by atoms with Crippen molar-refractivity contribution in [2.24, 2.45) is 5.16 Å². The molecule has 1 aromatic carbocycles. The molecule has 0 saturated heterocycles. The predicted octanol–water partition coefficient (Wildman–Crippen LogP) is 3.89. The van der Waals surface area contributed by atoms with Crippen molar-refractivity contribution in [3.63, 3.8) is 0 Å². The van der Waals surface area contributed by atoms with Gasteiger partial charge in [-0.15, -0.1) is 11.3 Å². The van der Waals surface area contributed by atoms with Crippen LogP contribution in [0.15, 0.2) is 23.4 Å². The predicted molar refractivity (Wildman–Crippen MR) is 94.2 cm³/mol. The second kappa shape index (κ2) is 6.45. The number of oxime groups is 1. The van der Waals surface area contributed by atoms with Crippen LogP contribution >= 0.6 is 11.3 Å². The zero-order valence-electron chi connectivity index (χ0n) is 13.6. The molecular formula is C17H17N3O3S. The number of H-pyrrole nitrogens is 1. The van der Waals surface area contributed by atoms with Crippen LogP contribution < -0.4 is 0 Å². The van der Waals surface area contributed by atoms with Gasteiger partial charge in [-0.2, -0.15) is 0 Å². The summed E-state index contributed by atoms with van der Waals surface area (Å²) in [5.74, 6) is -0.342. The number of rotatable bonds is 4. The first-order valence-corrected chi connectivity index (χ1v) is 8.31. The van der Waals surface area contributed by atoms with Gasteiger partial charge in [-0.25, -0.2) is 9.78 Å². The number of nitrogens with zero attached hydrogens (tertiary/aromatic N) is 2. The topological polar surface area (TPSA) is 87.6 Å². The molecule has 0 bridgehead atoms. The summed E-state index contributed by atoms with van der Waals surface area (Å²) in [5.41, 5.74) is 4.26. The van der Waals surface area contributed by atoms with Crippen molar-refractivity contribution in [2.75, 3.05) is 6.61 Å². The number of nitrogens with one attached hydrogen (secondary N) is 1. The van der Waals surface area contributed by atoms with Crippen molar-refractivity contribution < 1.29 is 14.7 Å². The van der Waals surface area contributed by atoms with E-state index in [-0.39, 0.29) is 5.97 Å². The Hall–Kier alpha value is -2.67. The molecule has 0 aliphatic carbocycles. The molecule has 124 valence electrons. The number of aromatic nitrogens is 2. The molecule has 2 heterocycles. The minimum Gasteiger partial charge on any atom is -0.462 e. The van der Waals surface area contributed by atoms with Crippen molar-refractivity contribution in [1.29, 1.82) is 0 Å². The lowest BCUT2D eigenvalue weighted by Crippen LogP contribution is -2.03. The number of benzene rings is 1. The van der Waals surface area contributed by atoms with Gasteiger partial charge >= 0.3 is 5.97 Å². The normalized spacial score (nSPS) is 11.5. The van der Waals surface area contributed by atoms with Crippen LogP contribution in [0.2, 0.25) is 0 Å². The van der Waals surface area contributed by atoms with Crippen molar-refractivity contribution in [3.05, 3.63) is 40.0 Å². The number of esters is 1. The van der Waals surface area contributed by atoms with E-state index in [9.17, 15) is 4.79 Å². The van der Waals surface area contributed by atoms with Crippen molar-refractivity contribution in [3.8, 4) is 10.6 Å². The van der Waals surface area contributed by atoms with Crippen LogP contribution in [0.1, 0.15) is 33.5 Å². The van der Waals surface area contributed by atoms with Gasteiger partial charge in [0.2, 0.25) is 0 Å². The number of fused-ring (bicyclic) bond motifs is 1. The van der Waals surface area contributed by atoms with E-state index >= 15 is 0 Å². The lowest BCUT2D eigenvalue weighted by atomic mass is 10.1. The molecule has 2 aromatic heterocycles. The van der Waals surface area contributed by atoms with Gasteiger partial charge in [-0.1, -0.05) is 5.16 Å². The zero-order chi connectivity index (χ0) is 17.3. The van der Waals surface area contributed by atoms with Crippen molar-refractivity contribution in [2.45, 2.75) is 20.8 Å². The number of hydrogen-bond acceptors (Lipinski definition) is 6. The Morgan fingerprint density at radius 3 is 2.96 bits per heavy atom. The molecule has 0 atom stereocenters. The van der Waals surface area contributed by atoms with Crippen LogP contribution in [-0.4, -0.2) is 34.0 Å². The molecule has 0 radical (unpaired) electrons. The number of aryl methyl sites for hydroxylation is 2. The summed E-state index contributed by atoms with van der Waals surface area (Å²) < 4.78 is 5.06. The summed E-state index contributed by atoms with van der Waals surface area (Å²) in [6.45, 7) is 5.84. The third-order valence-corrected chi connectivity index (χ3v) is 4.91. The molecule has 2 N–H and O–H groups in total. The number of hydrogen-bond donors (Lipinski definition) is 2. The molecule has 3 aromatic rings. The maximum atomic E-state index is 12.0. The largest absolute Gasteiger partial charge is 0.462 e. The number of carbonyl (C=O) groups is 1. The van der Waals surface area contributed by atoms with Crippen LogP contribution in [-0.2, 0) is 4.74 Å². The Balaban J connectivity index is 2.08. The van der Waals surface area contributed by atoms with Crippen molar-refractivity contribution in [1.82, 2.24) is 9.97 Å². The number of thiazole rings is 1. The van der Waals surface area contributed by atoms with E-state index in [2.05, 4.69) is 15.1 Å². The molecule has 0 fully saturated rings. The van der Waals surface area contributed by atoms with Gasteiger partial charge in [-0.05, 0) is 39.0 Å². The first-order valence-electron chi connectivity index (χ1n) is 7.49. The lowest BCUT2D eigenvalue weighted by Gasteiger charge is -1.98. The highest BCUT2D eigenvalue weighted by Crippen LogP contribution is 2.32. The summed E-state index contributed by atoms with van der Waals surface area (Å²) in [6, 6.07) is 5.88. The molecule has 0 amide bonds. The Kier molecular flexibility index (Phi) is 4.35. The standard InChI is InChI=1S/C17H17N3O3S/c1-4-23-17(21)15-10(3)20-16(24-15)11-5-6-14-12(7-11)13(8-18-22)9(2)19-14/h5-8,19,22H,4H2,1-3H3/b18-8+. The molecule has 0 saturated carbocycles. The van der Waals surface area contributed by atoms with Gasteiger partial charge in [0.05, 0.1) is 18.5 Å². The first kappa shape index (κ1) is 16.2. The maximum absolute atomic E-state index is 12.0. The van der Waals surface area contributed by atoms with Crippen LogP contribution in [0.4, 0.5) is 0 Å². The summed E-state index contributed by atoms with van der Waals surface area (Å²) in [4.78, 5) is 20.2. The SMILES string of the molecule is CCOC(=O)c1sc(-c2ccc3[nH]c(C)c(/C=N/O)c3c2)nc1C.